The maximum absolute atomic E-state index is 13.2. The van der Waals surface area contributed by atoms with Gasteiger partial charge in [0.2, 0.25) is 22.6 Å². The first kappa shape index (κ1) is 18.8. The van der Waals surface area contributed by atoms with E-state index in [0.29, 0.717) is 30.4 Å². The van der Waals surface area contributed by atoms with Gasteiger partial charge in [0, 0.05) is 18.0 Å². The fourth-order valence-electron chi connectivity index (χ4n) is 3.34. The third-order valence-corrected chi connectivity index (χ3v) is 6.02. The van der Waals surface area contributed by atoms with Gasteiger partial charge in [-0.1, -0.05) is 0 Å². The molecular weight excluding hydrogens is 396 g/mol. The van der Waals surface area contributed by atoms with Gasteiger partial charge in [-0.3, -0.25) is 10.2 Å². The monoisotopic (exact) mass is 418 g/mol. The van der Waals surface area contributed by atoms with Crippen LogP contribution in [0.5, 0.6) is 0 Å². The lowest BCUT2D eigenvalue weighted by atomic mass is 9.97. The average molecular weight is 419 g/mol. The third kappa shape index (κ3) is 3.47. The minimum Gasteiger partial charge on any atom is -0.354 e. The van der Waals surface area contributed by atoms with Crippen molar-refractivity contribution in [1.82, 2.24) is 24.6 Å². The minimum absolute atomic E-state index is 0.173. The number of rotatable bonds is 6. The van der Waals surface area contributed by atoms with Gasteiger partial charge in [0.25, 0.3) is 5.56 Å². The van der Waals surface area contributed by atoms with Crippen LogP contribution in [0.3, 0.4) is 0 Å². The largest absolute Gasteiger partial charge is 0.354 e. The second-order valence-electron chi connectivity index (χ2n) is 6.46. The summed E-state index contributed by atoms with van der Waals surface area (Å²) in [4.78, 5) is 31.5. The molecule has 0 amide bonds. The molecule has 0 aliphatic heterocycles. The Morgan fingerprint density at radius 3 is 2.39 bits per heavy atom. The summed E-state index contributed by atoms with van der Waals surface area (Å²) in [6.07, 6.45) is 4.22. The fraction of sp³-hybridized carbons (Fsp3) is 0.471. The second kappa shape index (κ2) is 7.84. The fourth-order valence-corrected chi connectivity index (χ4v) is 4.91. The van der Waals surface area contributed by atoms with Crippen LogP contribution in [-0.2, 0) is 12.8 Å². The van der Waals surface area contributed by atoms with Crippen LogP contribution in [0.4, 0.5) is 17.8 Å². The highest BCUT2D eigenvalue weighted by molar-refractivity contribution is 7.71. The highest BCUT2D eigenvalue weighted by Gasteiger charge is 2.20. The predicted molar refractivity (Wildman–Crippen MR) is 115 cm³/mol. The zero-order valence-electron chi connectivity index (χ0n) is 15.8. The maximum atomic E-state index is 13.2. The van der Waals surface area contributed by atoms with Crippen molar-refractivity contribution in [3.05, 3.63) is 25.6 Å². The molecule has 0 saturated heterocycles. The van der Waals surface area contributed by atoms with Crippen LogP contribution in [0, 0.1) is 4.77 Å². The molecule has 11 heteroatoms. The SMILES string of the molecule is CCNc1nc(NCC)nc(Nn2c(=S)[nH]c3sc4c(c3c2=O)CCCC4)n1. The van der Waals surface area contributed by atoms with Crippen molar-refractivity contribution >= 4 is 51.6 Å². The van der Waals surface area contributed by atoms with Crippen molar-refractivity contribution in [3.8, 4) is 0 Å². The van der Waals surface area contributed by atoms with Gasteiger partial charge in [-0.2, -0.15) is 19.6 Å². The standard InChI is InChI=1S/C17H22N8OS2/c1-3-18-14-21-15(19-4-2)23-16(22-14)24-25-13(26)11-9-7-5-6-8-10(9)28-12(11)20-17(25)27/h3-8H2,1-2H3,(H,20,27)(H3,18,19,21,22,23,24). The van der Waals surface area contributed by atoms with E-state index >= 15 is 0 Å². The number of nitrogens with zero attached hydrogens (tertiary/aromatic N) is 4. The average Bonchev–Trinajstić information content (AvgIpc) is 3.03. The lowest BCUT2D eigenvalue weighted by molar-refractivity contribution is 0.699. The van der Waals surface area contributed by atoms with E-state index in [9.17, 15) is 4.79 Å². The molecule has 148 valence electrons. The molecule has 3 heterocycles. The molecule has 0 spiro atoms. The van der Waals surface area contributed by atoms with Crippen molar-refractivity contribution < 1.29 is 0 Å². The minimum atomic E-state index is -0.173. The van der Waals surface area contributed by atoms with E-state index in [0.717, 1.165) is 36.1 Å². The third-order valence-electron chi connectivity index (χ3n) is 4.53. The Balaban J connectivity index is 1.80. The number of anilines is 3. The molecule has 4 rings (SSSR count). The number of hydrogen-bond acceptors (Lipinski definition) is 9. The molecule has 1 aliphatic rings. The number of nitrogens with one attached hydrogen (secondary N) is 4. The topological polar surface area (TPSA) is 113 Å². The molecule has 0 saturated carbocycles. The van der Waals surface area contributed by atoms with Crippen LogP contribution >= 0.6 is 23.6 Å². The smallest absolute Gasteiger partial charge is 0.282 e. The molecule has 4 N–H and O–H groups in total. The van der Waals surface area contributed by atoms with Crippen LogP contribution < -0.4 is 21.6 Å². The van der Waals surface area contributed by atoms with Crippen LogP contribution in [-0.4, -0.2) is 37.7 Å². The Hall–Kier alpha value is -2.53. The highest BCUT2D eigenvalue weighted by atomic mass is 32.1. The predicted octanol–water partition coefficient (Wildman–Crippen LogP) is 2.92. The van der Waals surface area contributed by atoms with E-state index in [-0.39, 0.29) is 16.3 Å². The van der Waals surface area contributed by atoms with Crippen LogP contribution in [0.2, 0.25) is 0 Å². The quantitative estimate of drug-likeness (QED) is 0.452. The number of aryl methyl sites for hydroxylation is 2. The summed E-state index contributed by atoms with van der Waals surface area (Å²) in [5, 5.41) is 6.85. The molecule has 28 heavy (non-hydrogen) atoms. The van der Waals surface area contributed by atoms with Gasteiger partial charge in [0.05, 0.1) is 5.39 Å². The molecule has 0 unspecified atom stereocenters. The number of fused-ring (bicyclic) bond motifs is 3. The Kier molecular flexibility index (Phi) is 5.27. The molecule has 0 aromatic carbocycles. The highest BCUT2D eigenvalue weighted by Crippen LogP contribution is 2.33. The van der Waals surface area contributed by atoms with Crippen LogP contribution in [0.1, 0.15) is 37.1 Å². The van der Waals surface area contributed by atoms with Crippen molar-refractivity contribution in [2.45, 2.75) is 39.5 Å². The van der Waals surface area contributed by atoms with E-state index in [1.165, 1.54) is 9.55 Å². The lowest BCUT2D eigenvalue weighted by Gasteiger charge is -2.12. The molecule has 1 aliphatic carbocycles. The molecule has 0 radical (unpaired) electrons. The second-order valence-corrected chi connectivity index (χ2v) is 7.96. The summed E-state index contributed by atoms with van der Waals surface area (Å²) in [5.41, 5.74) is 3.93. The molecule has 9 nitrogen and oxygen atoms in total. The summed E-state index contributed by atoms with van der Waals surface area (Å²) in [6.45, 7) is 5.25. The Morgan fingerprint density at radius 1 is 1.07 bits per heavy atom. The zero-order valence-corrected chi connectivity index (χ0v) is 17.4. The molecular formula is C17H22N8OS2. The van der Waals surface area contributed by atoms with E-state index in [4.69, 9.17) is 12.2 Å². The van der Waals surface area contributed by atoms with Crippen molar-refractivity contribution in [2.24, 2.45) is 0 Å². The van der Waals surface area contributed by atoms with Gasteiger partial charge in [0.1, 0.15) is 4.83 Å². The first-order chi connectivity index (χ1) is 13.6. The summed E-state index contributed by atoms with van der Waals surface area (Å²) in [7, 11) is 0. The molecule has 0 atom stereocenters. The van der Waals surface area contributed by atoms with Crippen molar-refractivity contribution in [3.63, 3.8) is 0 Å². The van der Waals surface area contributed by atoms with Gasteiger partial charge in [-0.05, 0) is 57.3 Å². The zero-order chi connectivity index (χ0) is 19.7. The first-order valence-corrected chi connectivity index (χ1v) is 10.6. The molecule has 3 aromatic rings. The Morgan fingerprint density at radius 2 is 1.71 bits per heavy atom. The van der Waals surface area contributed by atoms with E-state index in [1.54, 1.807) is 11.3 Å². The number of aromatic amines is 1. The summed E-state index contributed by atoms with van der Waals surface area (Å²) in [6, 6.07) is 0. The molecule has 3 aromatic heterocycles. The van der Waals surface area contributed by atoms with Crippen LogP contribution in [0.25, 0.3) is 10.2 Å². The van der Waals surface area contributed by atoms with Gasteiger partial charge in [-0.15, -0.1) is 11.3 Å². The first-order valence-electron chi connectivity index (χ1n) is 9.41. The summed E-state index contributed by atoms with van der Waals surface area (Å²) < 4.78 is 1.59. The van der Waals surface area contributed by atoms with Gasteiger partial charge >= 0.3 is 0 Å². The van der Waals surface area contributed by atoms with Crippen molar-refractivity contribution in [2.75, 3.05) is 29.1 Å². The number of H-pyrrole nitrogens is 1. The number of hydrogen-bond donors (Lipinski definition) is 4. The Labute approximate surface area is 170 Å². The van der Waals surface area contributed by atoms with Crippen LogP contribution in [0.15, 0.2) is 4.79 Å². The molecule has 0 fully saturated rings. The number of thiophene rings is 1. The normalized spacial score (nSPS) is 13.4. The van der Waals surface area contributed by atoms with E-state index < -0.39 is 0 Å². The van der Waals surface area contributed by atoms with Gasteiger partial charge in [-0.25, -0.2) is 0 Å². The maximum Gasteiger partial charge on any atom is 0.282 e. The van der Waals surface area contributed by atoms with Gasteiger partial charge in [0.15, 0.2) is 0 Å². The van der Waals surface area contributed by atoms with Crippen molar-refractivity contribution in [1.29, 1.82) is 0 Å². The lowest BCUT2D eigenvalue weighted by Crippen LogP contribution is -2.29. The Bertz CT molecular complexity index is 1110. The van der Waals surface area contributed by atoms with E-state index in [2.05, 4.69) is 36.0 Å². The van der Waals surface area contributed by atoms with E-state index in [1.807, 2.05) is 13.8 Å². The number of aromatic nitrogens is 5. The van der Waals surface area contributed by atoms with Gasteiger partial charge < -0.3 is 15.6 Å². The molecule has 0 bridgehead atoms. The summed E-state index contributed by atoms with van der Waals surface area (Å²) in [5.74, 6) is 1.09. The summed E-state index contributed by atoms with van der Waals surface area (Å²) >= 11 is 7.06.